The number of nitrogens with one attached hydrogen (secondary N) is 1. The third kappa shape index (κ3) is 2.52. The largest absolute Gasteiger partial charge is 0.481 e. The second-order valence-electron chi connectivity index (χ2n) is 4.70. The summed E-state index contributed by atoms with van der Waals surface area (Å²) >= 11 is 0. The Labute approximate surface area is 94.8 Å². The molecule has 0 radical (unpaired) electrons. The van der Waals surface area contributed by atoms with E-state index in [4.69, 9.17) is 5.11 Å². The molecule has 2 N–H and O–H groups in total. The van der Waals surface area contributed by atoms with E-state index in [0.717, 1.165) is 25.9 Å². The topological polar surface area (TPSA) is 69.6 Å². The van der Waals surface area contributed by atoms with Crippen LogP contribution in [0.1, 0.15) is 25.7 Å². The van der Waals surface area contributed by atoms with E-state index >= 15 is 0 Å². The number of aliphatic carboxylic acids is 1. The molecule has 2 rings (SSSR count). The molecule has 0 aromatic carbocycles. The van der Waals surface area contributed by atoms with E-state index in [9.17, 15) is 9.59 Å². The monoisotopic (exact) mass is 226 g/mol. The summed E-state index contributed by atoms with van der Waals surface area (Å²) in [6.45, 7) is 2.55. The second kappa shape index (κ2) is 4.82. The van der Waals surface area contributed by atoms with Gasteiger partial charge >= 0.3 is 5.97 Å². The molecule has 16 heavy (non-hydrogen) atoms. The maximum atomic E-state index is 11.8. The molecule has 0 aromatic rings. The van der Waals surface area contributed by atoms with Gasteiger partial charge in [0, 0.05) is 19.0 Å². The van der Waals surface area contributed by atoms with Crippen LogP contribution < -0.4 is 5.32 Å². The molecule has 1 atom stereocenters. The molecule has 2 saturated heterocycles. The van der Waals surface area contributed by atoms with Gasteiger partial charge in [-0.3, -0.25) is 9.59 Å². The van der Waals surface area contributed by atoms with Gasteiger partial charge in [-0.25, -0.2) is 0 Å². The Morgan fingerprint density at radius 1 is 1.44 bits per heavy atom. The lowest BCUT2D eigenvalue weighted by atomic mass is 10.0. The van der Waals surface area contributed by atoms with Crippen molar-refractivity contribution in [2.24, 2.45) is 5.92 Å². The number of hydrogen-bond donors (Lipinski definition) is 2. The van der Waals surface area contributed by atoms with E-state index in [1.807, 2.05) is 4.90 Å². The van der Waals surface area contributed by atoms with E-state index in [1.165, 1.54) is 0 Å². The first kappa shape index (κ1) is 11.4. The third-order valence-corrected chi connectivity index (χ3v) is 3.45. The maximum absolute atomic E-state index is 11.8. The predicted molar refractivity (Wildman–Crippen MR) is 58.0 cm³/mol. The van der Waals surface area contributed by atoms with Crippen molar-refractivity contribution in [1.29, 1.82) is 0 Å². The van der Waals surface area contributed by atoms with Crippen LogP contribution in [0.25, 0.3) is 0 Å². The molecule has 0 aliphatic carbocycles. The van der Waals surface area contributed by atoms with Crippen molar-refractivity contribution in [3.8, 4) is 0 Å². The molecule has 2 fully saturated rings. The van der Waals surface area contributed by atoms with Crippen molar-refractivity contribution >= 4 is 11.9 Å². The average Bonchev–Trinajstić information content (AvgIpc) is 2.60. The minimum absolute atomic E-state index is 0.0138. The van der Waals surface area contributed by atoms with Crippen molar-refractivity contribution in [1.82, 2.24) is 10.2 Å². The molecule has 0 spiro atoms. The van der Waals surface area contributed by atoms with Crippen molar-refractivity contribution in [2.45, 2.75) is 31.7 Å². The molecule has 5 nitrogen and oxygen atoms in total. The van der Waals surface area contributed by atoms with Crippen LogP contribution in [0.4, 0.5) is 0 Å². The van der Waals surface area contributed by atoms with Crippen LogP contribution >= 0.6 is 0 Å². The number of carbonyl (C=O) groups is 2. The zero-order valence-electron chi connectivity index (χ0n) is 9.32. The summed E-state index contributed by atoms with van der Waals surface area (Å²) in [5, 5.41) is 12.0. The molecule has 0 saturated carbocycles. The number of likely N-dealkylation sites (tertiary alicyclic amines) is 1. The smallest absolute Gasteiger partial charge is 0.303 e. The number of carbonyl (C=O) groups excluding carboxylic acids is 1. The number of carboxylic acids is 1. The zero-order valence-corrected chi connectivity index (χ0v) is 9.32. The van der Waals surface area contributed by atoms with Gasteiger partial charge in [-0.05, 0) is 31.8 Å². The summed E-state index contributed by atoms with van der Waals surface area (Å²) in [7, 11) is 0. The Kier molecular flexibility index (Phi) is 3.43. The van der Waals surface area contributed by atoms with Crippen LogP contribution in [0, 0.1) is 5.92 Å². The lowest BCUT2D eigenvalue weighted by Crippen LogP contribution is -2.43. The first-order chi connectivity index (χ1) is 7.66. The number of rotatable bonds is 3. The molecule has 2 aliphatic rings. The van der Waals surface area contributed by atoms with Gasteiger partial charge < -0.3 is 15.3 Å². The van der Waals surface area contributed by atoms with Crippen LogP contribution in [-0.4, -0.2) is 47.6 Å². The van der Waals surface area contributed by atoms with Gasteiger partial charge in [-0.15, -0.1) is 0 Å². The van der Waals surface area contributed by atoms with Crippen LogP contribution in [-0.2, 0) is 9.59 Å². The third-order valence-electron chi connectivity index (χ3n) is 3.45. The van der Waals surface area contributed by atoms with E-state index in [-0.39, 0.29) is 18.2 Å². The van der Waals surface area contributed by atoms with Gasteiger partial charge in [-0.2, -0.15) is 0 Å². The minimum atomic E-state index is -0.801. The Balaban J connectivity index is 1.90. The highest BCUT2D eigenvalue weighted by molar-refractivity contribution is 5.80. The van der Waals surface area contributed by atoms with Gasteiger partial charge in [0.1, 0.15) is 0 Å². The molecule has 2 aliphatic heterocycles. The number of nitrogens with zero attached hydrogens (tertiary/aromatic N) is 1. The maximum Gasteiger partial charge on any atom is 0.303 e. The molecule has 0 aromatic heterocycles. The van der Waals surface area contributed by atoms with Crippen molar-refractivity contribution in [2.75, 3.05) is 19.6 Å². The predicted octanol–water partition coefficient (Wildman–Crippen LogP) is 0.0616. The van der Waals surface area contributed by atoms with E-state index in [0.29, 0.717) is 19.0 Å². The van der Waals surface area contributed by atoms with Crippen molar-refractivity contribution < 1.29 is 14.7 Å². The number of piperidine rings is 1. The van der Waals surface area contributed by atoms with Crippen LogP contribution in [0.15, 0.2) is 0 Å². The molecule has 1 unspecified atom stereocenters. The Morgan fingerprint density at radius 3 is 2.75 bits per heavy atom. The molecular weight excluding hydrogens is 208 g/mol. The highest BCUT2D eigenvalue weighted by atomic mass is 16.4. The van der Waals surface area contributed by atoms with E-state index < -0.39 is 5.97 Å². The van der Waals surface area contributed by atoms with Gasteiger partial charge in [0.25, 0.3) is 0 Å². The summed E-state index contributed by atoms with van der Waals surface area (Å²) < 4.78 is 0. The SMILES string of the molecule is O=C(O)CC1CC(=O)N(C2CCNCC2)C1. The minimum Gasteiger partial charge on any atom is -0.481 e. The van der Waals surface area contributed by atoms with Gasteiger partial charge in [-0.1, -0.05) is 0 Å². The van der Waals surface area contributed by atoms with Crippen molar-refractivity contribution in [3.05, 3.63) is 0 Å². The zero-order chi connectivity index (χ0) is 11.5. The van der Waals surface area contributed by atoms with Crippen LogP contribution in [0.2, 0.25) is 0 Å². The van der Waals surface area contributed by atoms with Crippen LogP contribution in [0.3, 0.4) is 0 Å². The molecule has 2 heterocycles. The van der Waals surface area contributed by atoms with Crippen LogP contribution in [0.5, 0.6) is 0 Å². The second-order valence-corrected chi connectivity index (χ2v) is 4.70. The fourth-order valence-corrected chi connectivity index (χ4v) is 2.66. The molecule has 5 heteroatoms. The highest BCUT2D eigenvalue weighted by Gasteiger charge is 2.35. The lowest BCUT2D eigenvalue weighted by molar-refractivity contribution is -0.138. The Bertz CT molecular complexity index is 287. The molecule has 1 amide bonds. The number of hydrogen-bond acceptors (Lipinski definition) is 3. The molecule has 0 bridgehead atoms. The average molecular weight is 226 g/mol. The normalized spacial score (nSPS) is 27.4. The number of carboxylic acid groups (broad SMARTS) is 1. The summed E-state index contributed by atoms with van der Waals surface area (Å²) in [5.74, 6) is -0.650. The fraction of sp³-hybridized carbons (Fsp3) is 0.818. The molecular formula is C11H18N2O3. The van der Waals surface area contributed by atoms with Crippen molar-refractivity contribution in [3.63, 3.8) is 0 Å². The molecule has 90 valence electrons. The first-order valence-electron chi connectivity index (χ1n) is 5.89. The first-order valence-corrected chi connectivity index (χ1v) is 5.89. The quantitative estimate of drug-likeness (QED) is 0.714. The lowest BCUT2D eigenvalue weighted by Gasteiger charge is -2.31. The summed E-state index contributed by atoms with van der Waals surface area (Å²) in [5.41, 5.74) is 0. The summed E-state index contributed by atoms with van der Waals surface area (Å²) in [4.78, 5) is 24.3. The number of amides is 1. The standard InChI is InChI=1S/C11H18N2O3/c14-10-5-8(6-11(15)16)7-13(10)9-1-3-12-4-2-9/h8-9,12H,1-7H2,(H,15,16). The van der Waals surface area contributed by atoms with E-state index in [2.05, 4.69) is 5.32 Å². The Hall–Kier alpha value is -1.10. The highest BCUT2D eigenvalue weighted by Crippen LogP contribution is 2.25. The fourth-order valence-electron chi connectivity index (χ4n) is 2.66. The van der Waals surface area contributed by atoms with Gasteiger partial charge in [0.15, 0.2) is 0 Å². The van der Waals surface area contributed by atoms with E-state index in [1.54, 1.807) is 0 Å². The Morgan fingerprint density at radius 2 is 2.12 bits per heavy atom. The summed E-state index contributed by atoms with van der Waals surface area (Å²) in [6, 6.07) is 0.326. The van der Waals surface area contributed by atoms with Gasteiger partial charge in [0.2, 0.25) is 5.91 Å². The van der Waals surface area contributed by atoms with Gasteiger partial charge in [0.05, 0.1) is 6.42 Å². The summed E-state index contributed by atoms with van der Waals surface area (Å²) in [6.07, 6.45) is 2.51.